The van der Waals surface area contributed by atoms with E-state index >= 15 is 0 Å². The van der Waals surface area contributed by atoms with Crippen LogP contribution in [0.5, 0.6) is 0 Å². The van der Waals surface area contributed by atoms with Crippen LogP contribution in [0, 0.1) is 0 Å². The van der Waals surface area contributed by atoms with Crippen LogP contribution < -0.4 is 0 Å². The zero-order valence-electron chi connectivity index (χ0n) is 11.8. The Hall–Kier alpha value is -1.68. The molecule has 0 fully saturated rings. The first-order valence-corrected chi connectivity index (χ1v) is 8.00. The molecule has 0 amide bonds. The second kappa shape index (κ2) is 5.75. The maximum atomic E-state index is 6.25. The average molecular weight is 286 g/mol. The van der Waals surface area contributed by atoms with Gasteiger partial charge in [-0.05, 0) is 30.4 Å². The van der Waals surface area contributed by atoms with Gasteiger partial charge in [-0.2, -0.15) is 0 Å². The highest BCUT2D eigenvalue weighted by Gasteiger charge is 2.30. The van der Waals surface area contributed by atoms with E-state index in [0.717, 1.165) is 47.0 Å². The molecule has 4 heteroatoms. The van der Waals surface area contributed by atoms with Crippen molar-refractivity contribution in [1.29, 1.82) is 0 Å². The molecule has 104 valence electrons. The van der Waals surface area contributed by atoms with Crippen LogP contribution in [-0.2, 0) is 4.74 Å². The molecule has 3 nitrogen and oxygen atoms in total. The Kier molecular flexibility index (Phi) is 3.83. The second-order valence-electron chi connectivity index (χ2n) is 4.88. The van der Waals surface area contributed by atoms with E-state index in [1.54, 1.807) is 17.6 Å². The monoisotopic (exact) mass is 286 g/mol. The van der Waals surface area contributed by atoms with E-state index in [1.807, 2.05) is 12.1 Å². The summed E-state index contributed by atoms with van der Waals surface area (Å²) < 4.78 is 6.25. The van der Waals surface area contributed by atoms with Gasteiger partial charge in [0, 0.05) is 6.21 Å². The molecule has 0 bridgehead atoms. The summed E-state index contributed by atoms with van der Waals surface area (Å²) in [5, 5.41) is 2.06. The number of nitrogens with zero attached hydrogens (tertiary/aromatic N) is 2. The van der Waals surface area contributed by atoms with E-state index in [0.29, 0.717) is 0 Å². The molecule has 0 aromatic carbocycles. The third-order valence-electron chi connectivity index (χ3n) is 3.45. The fourth-order valence-corrected chi connectivity index (χ4v) is 3.11. The minimum absolute atomic E-state index is 0.239. The predicted octanol–water partition coefficient (Wildman–Crippen LogP) is 4.33. The average Bonchev–Trinajstić information content (AvgIpc) is 3.15. The number of hydrogen-bond donors (Lipinski definition) is 0. The zero-order valence-corrected chi connectivity index (χ0v) is 12.6. The van der Waals surface area contributed by atoms with E-state index in [2.05, 4.69) is 35.3 Å². The van der Waals surface area contributed by atoms with Crippen molar-refractivity contribution < 1.29 is 4.74 Å². The van der Waals surface area contributed by atoms with Crippen LogP contribution in [0.4, 0.5) is 0 Å². The van der Waals surface area contributed by atoms with Crippen LogP contribution >= 0.6 is 11.3 Å². The number of aliphatic imine (C=N–C) groups is 2. The van der Waals surface area contributed by atoms with Gasteiger partial charge < -0.3 is 4.74 Å². The first kappa shape index (κ1) is 13.3. The topological polar surface area (TPSA) is 34.0 Å². The van der Waals surface area contributed by atoms with Crippen LogP contribution in [-0.4, -0.2) is 18.0 Å². The lowest BCUT2D eigenvalue weighted by molar-refractivity contribution is 0.116. The number of ether oxygens (including phenoxy) is 1. The van der Waals surface area contributed by atoms with Gasteiger partial charge in [-0.3, -0.25) is 4.99 Å². The van der Waals surface area contributed by atoms with E-state index in [-0.39, 0.29) is 6.10 Å². The Morgan fingerprint density at radius 1 is 1.35 bits per heavy atom. The van der Waals surface area contributed by atoms with Crippen LogP contribution in [0.2, 0.25) is 0 Å². The molecule has 2 aliphatic rings. The Morgan fingerprint density at radius 2 is 2.25 bits per heavy atom. The van der Waals surface area contributed by atoms with Gasteiger partial charge >= 0.3 is 0 Å². The smallest absolute Gasteiger partial charge is 0.174 e. The number of allylic oxidation sites excluding steroid dienone is 2. The van der Waals surface area contributed by atoms with Gasteiger partial charge in [0.05, 0.1) is 16.7 Å². The van der Waals surface area contributed by atoms with Crippen LogP contribution in [0.1, 0.15) is 38.0 Å². The van der Waals surface area contributed by atoms with Gasteiger partial charge in [-0.1, -0.05) is 26.3 Å². The number of rotatable bonds is 6. The minimum atomic E-state index is 0.239. The zero-order chi connectivity index (χ0) is 13.9. The molecule has 20 heavy (non-hydrogen) atoms. The molecule has 3 rings (SSSR count). The maximum absolute atomic E-state index is 6.25. The highest BCUT2D eigenvalue weighted by Crippen LogP contribution is 2.34. The fraction of sp³-hybridized carbons (Fsp3) is 0.375. The summed E-state index contributed by atoms with van der Waals surface area (Å²) in [7, 11) is 0. The minimum Gasteiger partial charge on any atom is -0.486 e. The number of thiophene rings is 1. The normalized spacial score (nSPS) is 18.1. The van der Waals surface area contributed by atoms with Crippen molar-refractivity contribution in [3.05, 3.63) is 45.6 Å². The largest absolute Gasteiger partial charge is 0.486 e. The standard InChI is InChI=1S/C16H18N2OS/c1-3-6-11(4-2)19-16-14-12(8-9-17-14)18-15(16)13-7-5-10-20-13/h5,7-11H,3-4,6H2,1-2H3. The van der Waals surface area contributed by atoms with Crippen molar-refractivity contribution >= 4 is 23.3 Å². The van der Waals surface area contributed by atoms with E-state index in [1.165, 1.54) is 0 Å². The molecule has 1 aromatic rings. The molecule has 0 spiro atoms. The quantitative estimate of drug-likeness (QED) is 0.766. The van der Waals surface area contributed by atoms with E-state index < -0.39 is 0 Å². The molecular formula is C16H18N2OS. The van der Waals surface area contributed by atoms with Crippen molar-refractivity contribution in [3.63, 3.8) is 0 Å². The Morgan fingerprint density at radius 3 is 2.95 bits per heavy atom. The Balaban J connectivity index is 1.92. The second-order valence-corrected chi connectivity index (χ2v) is 5.83. The lowest BCUT2D eigenvalue weighted by atomic mass is 10.1. The highest BCUT2D eigenvalue weighted by molar-refractivity contribution is 7.12. The van der Waals surface area contributed by atoms with Crippen LogP contribution in [0.3, 0.4) is 0 Å². The van der Waals surface area contributed by atoms with E-state index in [9.17, 15) is 0 Å². The van der Waals surface area contributed by atoms with Crippen molar-refractivity contribution in [3.8, 4) is 0 Å². The highest BCUT2D eigenvalue weighted by atomic mass is 32.1. The summed E-state index contributed by atoms with van der Waals surface area (Å²) in [5.74, 6) is 0.854. The van der Waals surface area contributed by atoms with Crippen molar-refractivity contribution in [2.24, 2.45) is 9.98 Å². The first-order valence-electron chi connectivity index (χ1n) is 7.12. The molecule has 0 saturated carbocycles. The molecule has 0 N–H and O–H groups in total. The van der Waals surface area contributed by atoms with Gasteiger partial charge in [-0.15, -0.1) is 11.3 Å². The maximum Gasteiger partial charge on any atom is 0.174 e. The van der Waals surface area contributed by atoms with Crippen LogP contribution in [0.25, 0.3) is 0 Å². The lowest BCUT2D eigenvalue weighted by Gasteiger charge is -2.18. The van der Waals surface area contributed by atoms with Gasteiger partial charge in [-0.25, -0.2) is 4.99 Å². The molecule has 0 radical (unpaired) electrons. The molecular weight excluding hydrogens is 268 g/mol. The molecule has 0 saturated heterocycles. The third kappa shape index (κ3) is 2.36. The van der Waals surface area contributed by atoms with Crippen molar-refractivity contribution in [2.75, 3.05) is 0 Å². The summed E-state index contributed by atoms with van der Waals surface area (Å²) in [6.07, 6.45) is 7.17. The molecule has 1 unspecified atom stereocenters. The predicted molar refractivity (Wildman–Crippen MR) is 84.5 cm³/mol. The molecule has 1 aromatic heterocycles. The van der Waals surface area contributed by atoms with Gasteiger partial charge in [0.25, 0.3) is 0 Å². The summed E-state index contributed by atoms with van der Waals surface area (Å²) in [6.45, 7) is 4.35. The summed E-state index contributed by atoms with van der Waals surface area (Å²) in [4.78, 5) is 10.2. The molecule has 0 aliphatic carbocycles. The molecule has 1 atom stereocenters. The van der Waals surface area contributed by atoms with Gasteiger partial charge in [0.15, 0.2) is 5.76 Å². The third-order valence-corrected chi connectivity index (χ3v) is 4.32. The van der Waals surface area contributed by atoms with Crippen molar-refractivity contribution in [2.45, 2.75) is 39.2 Å². The first-order chi connectivity index (χ1) is 9.83. The van der Waals surface area contributed by atoms with Gasteiger partial charge in [0.1, 0.15) is 11.4 Å². The van der Waals surface area contributed by atoms with Crippen molar-refractivity contribution in [1.82, 2.24) is 0 Å². The number of fused-ring (bicyclic) bond motifs is 1. The Labute approximate surface area is 123 Å². The van der Waals surface area contributed by atoms with Crippen LogP contribution in [0.15, 0.2) is 50.7 Å². The summed E-state index contributed by atoms with van der Waals surface area (Å²) >= 11 is 1.69. The van der Waals surface area contributed by atoms with E-state index in [4.69, 9.17) is 4.74 Å². The lowest BCUT2D eigenvalue weighted by Crippen LogP contribution is -2.15. The van der Waals surface area contributed by atoms with Gasteiger partial charge in [0.2, 0.25) is 0 Å². The molecule has 2 aliphatic heterocycles. The fourth-order valence-electron chi connectivity index (χ4n) is 2.40. The molecule has 3 heterocycles. The SMILES string of the molecule is CCCC(CC)OC1=C2N=CC=C2N=C1c1cccs1. The summed E-state index contributed by atoms with van der Waals surface area (Å²) in [5.41, 5.74) is 2.75. The number of hydrogen-bond acceptors (Lipinski definition) is 4. The summed E-state index contributed by atoms with van der Waals surface area (Å²) in [6, 6.07) is 4.12. The Bertz CT molecular complexity index is 608.